The molecule has 2 unspecified atom stereocenters. The quantitative estimate of drug-likeness (QED) is 0.788. The molecule has 1 aliphatic rings. The van der Waals surface area contributed by atoms with Crippen LogP contribution >= 0.6 is 0 Å². The maximum atomic E-state index is 12.6. The molecular weight excluding hydrogens is 358 g/mol. The van der Waals surface area contributed by atoms with Gasteiger partial charge >= 0.3 is 6.03 Å². The van der Waals surface area contributed by atoms with Gasteiger partial charge in [-0.05, 0) is 51.5 Å². The zero-order valence-corrected chi connectivity index (χ0v) is 16.1. The third-order valence-corrected chi connectivity index (χ3v) is 4.82. The van der Waals surface area contributed by atoms with Gasteiger partial charge in [0.25, 0.3) is 5.91 Å². The molecule has 1 aliphatic heterocycles. The molecule has 2 heterocycles. The van der Waals surface area contributed by atoms with Crippen molar-refractivity contribution in [1.82, 2.24) is 20.1 Å². The first-order chi connectivity index (χ1) is 13.3. The number of nitrogens with zero attached hydrogens (tertiary/aromatic N) is 3. The summed E-state index contributed by atoms with van der Waals surface area (Å²) >= 11 is 0. The van der Waals surface area contributed by atoms with E-state index < -0.39 is 6.04 Å². The fourth-order valence-electron chi connectivity index (χ4n) is 3.44. The molecule has 1 fully saturated rings. The molecule has 1 saturated heterocycles. The minimum atomic E-state index is -0.632. The van der Waals surface area contributed by atoms with Crippen LogP contribution in [0.3, 0.4) is 0 Å². The largest absolute Gasteiger partial charge is 0.340 e. The van der Waals surface area contributed by atoms with Gasteiger partial charge in [0.05, 0.1) is 11.6 Å². The maximum absolute atomic E-state index is 12.6. The van der Waals surface area contributed by atoms with Crippen LogP contribution in [0.25, 0.3) is 10.9 Å². The van der Waals surface area contributed by atoms with Gasteiger partial charge in [-0.2, -0.15) is 5.26 Å². The van der Waals surface area contributed by atoms with E-state index in [0.29, 0.717) is 17.5 Å². The van der Waals surface area contributed by atoms with Crippen molar-refractivity contribution in [3.8, 4) is 6.07 Å². The van der Waals surface area contributed by atoms with Gasteiger partial charge in [0.1, 0.15) is 12.6 Å². The van der Waals surface area contributed by atoms with Crippen molar-refractivity contribution in [3.63, 3.8) is 0 Å². The van der Waals surface area contributed by atoms with Crippen LogP contribution in [0.4, 0.5) is 4.79 Å². The van der Waals surface area contributed by atoms with Crippen LogP contribution in [0, 0.1) is 11.3 Å². The Kier molecular flexibility index (Phi) is 5.36. The minimum Gasteiger partial charge on any atom is -0.340 e. The molecule has 1 aromatic carbocycles. The number of carbonyl (C=O) groups is 3. The van der Waals surface area contributed by atoms with Crippen molar-refractivity contribution in [2.45, 2.75) is 45.3 Å². The van der Waals surface area contributed by atoms with Crippen molar-refractivity contribution in [1.29, 1.82) is 5.26 Å². The number of aromatic nitrogens is 1. The van der Waals surface area contributed by atoms with Gasteiger partial charge in [-0.1, -0.05) is 0 Å². The molecule has 0 saturated carbocycles. The number of carbonyl (C=O) groups excluding carboxylic acids is 3. The Morgan fingerprint density at radius 2 is 2.07 bits per heavy atom. The summed E-state index contributed by atoms with van der Waals surface area (Å²) in [5.74, 6) is -0.592. The van der Waals surface area contributed by atoms with Gasteiger partial charge in [-0.15, -0.1) is 0 Å². The highest BCUT2D eigenvalue weighted by molar-refractivity contribution is 6.02. The number of hydrogen-bond donors (Lipinski definition) is 2. The molecular formula is C20H23N5O3. The smallest absolute Gasteiger partial charge is 0.326 e. The van der Waals surface area contributed by atoms with E-state index >= 15 is 0 Å². The van der Waals surface area contributed by atoms with Crippen molar-refractivity contribution in [3.05, 3.63) is 36.0 Å². The standard InChI is InChI=1S/C20H23N5O3/c1-12(2)22-20(28)25-8-6-14-11-15(4-5-17(14)25)18(26)23-16-10-13(3)24(9-7-21)19(16)27/h4-6,8,11-13,16H,9-10H2,1-3H3,(H,22,28)(H,23,26). The molecule has 28 heavy (non-hydrogen) atoms. The number of rotatable bonds is 4. The lowest BCUT2D eigenvalue weighted by Gasteiger charge is -2.17. The predicted molar refractivity (Wildman–Crippen MR) is 104 cm³/mol. The summed E-state index contributed by atoms with van der Waals surface area (Å²) in [6, 6.07) is 7.85. The number of nitriles is 1. The SMILES string of the molecule is CC(C)NC(=O)n1ccc2cc(C(=O)NC3CC(C)N(CC#N)C3=O)ccc21. The number of nitrogens with one attached hydrogen (secondary N) is 2. The van der Waals surface area contributed by atoms with Crippen LogP contribution in [0.1, 0.15) is 37.6 Å². The third-order valence-electron chi connectivity index (χ3n) is 4.82. The topological polar surface area (TPSA) is 107 Å². The summed E-state index contributed by atoms with van der Waals surface area (Å²) in [6.07, 6.45) is 2.13. The molecule has 3 rings (SSSR count). The highest BCUT2D eigenvalue weighted by Gasteiger charge is 2.37. The molecule has 0 radical (unpaired) electrons. The monoisotopic (exact) mass is 381 g/mol. The summed E-state index contributed by atoms with van der Waals surface area (Å²) in [6.45, 7) is 5.65. The zero-order valence-electron chi connectivity index (χ0n) is 16.1. The Hall–Kier alpha value is -3.34. The van der Waals surface area contributed by atoms with Gasteiger partial charge in [0.2, 0.25) is 5.91 Å². The average molecular weight is 381 g/mol. The van der Waals surface area contributed by atoms with Crippen molar-refractivity contribution >= 4 is 28.7 Å². The lowest BCUT2D eigenvalue weighted by molar-refractivity contribution is -0.129. The second-order valence-corrected chi connectivity index (χ2v) is 7.30. The molecule has 8 nitrogen and oxygen atoms in total. The van der Waals surface area contributed by atoms with Crippen molar-refractivity contribution in [2.24, 2.45) is 0 Å². The third kappa shape index (κ3) is 3.69. The normalized spacial score (nSPS) is 19.1. The summed E-state index contributed by atoms with van der Waals surface area (Å²) in [5, 5.41) is 15.2. The Morgan fingerprint density at radius 3 is 2.75 bits per heavy atom. The minimum absolute atomic E-state index is 0.0157. The van der Waals surface area contributed by atoms with E-state index in [2.05, 4.69) is 10.6 Å². The number of hydrogen-bond acceptors (Lipinski definition) is 4. The number of fused-ring (bicyclic) bond motifs is 1. The first-order valence-electron chi connectivity index (χ1n) is 9.22. The van der Waals surface area contributed by atoms with Gasteiger partial charge < -0.3 is 15.5 Å². The first-order valence-corrected chi connectivity index (χ1v) is 9.22. The number of amides is 3. The van der Waals surface area contributed by atoms with E-state index in [0.717, 1.165) is 5.39 Å². The van der Waals surface area contributed by atoms with E-state index in [1.165, 1.54) is 9.47 Å². The van der Waals surface area contributed by atoms with Gasteiger partial charge in [0, 0.05) is 29.2 Å². The molecule has 0 aliphatic carbocycles. The Morgan fingerprint density at radius 1 is 1.32 bits per heavy atom. The van der Waals surface area contributed by atoms with E-state index in [4.69, 9.17) is 5.26 Å². The zero-order chi connectivity index (χ0) is 20.4. The van der Waals surface area contributed by atoms with Crippen LogP contribution in [0.15, 0.2) is 30.5 Å². The molecule has 1 aromatic heterocycles. The maximum Gasteiger partial charge on any atom is 0.326 e. The molecule has 0 bridgehead atoms. The van der Waals surface area contributed by atoms with Crippen LogP contribution in [-0.2, 0) is 4.79 Å². The van der Waals surface area contributed by atoms with E-state index in [-0.39, 0.29) is 36.5 Å². The van der Waals surface area contributed by atoms with Crippen LogP contribution in [0.5, 0.6) is 0 Å². The Labute approximate surface area is 163 Å². The Balaban J connectivity index is 1.76. The second-order valence-electron chi connectivity index (χ2n) is 7.30. The molecule has 146 valence electrons. The van der Waals surface area contributed by atoms with Gasteiger partial charge in [-0.25, -0.2) is 4.79 Å². The molecule has 8 heteroatoms. The van der Waals surface area contributed by atoms with Gasteiger partial charge in [0.15, 0.2) is 0 Å². The lowest BCUT2D eigenvalue weighted by Crippen LogP contribution is -2.41. The van der Waals surface area contributed by atoms with Crippen molar-refractivity contribution in [2.75, 3.05) is 6.54 Å². The summed E-state index contributed by atoms with van der Waals surface area (Å²) in [4.78, 5) is 38.7. The van der Waals surface area contributed by atoms with E-state index in [9.17, 15) is 14.4 Å². The van der Waals surface area contributed by atoms with Crippen LogP contribution in [-0.4, -0.2) is 52.0 Å². The summed E-state index contributed by atoms with van der Waals surface area (Å²) in [7, 11) is 0. The molecule has 3 amide bonds. The average Bonchev–Trinajstić information content (AvgIpc) is 3.17. The van der Waals surface area contributed by atoms with Crippen molar-refractivity contribution < 1.29 is 14.4 Å². The van der Waals surface area contributed by atoms with E-state index in [1.807, 2.05) is 26.8 Å². The fourth-order valence-corrected chi connectivity index (χ4v) is 3.44. The first kappa shape index (κ1) is 19.4. The van der Waals surface area contributed by atoms with Gasteiger partial charge in [-0.3, -0.25) is 14.2 Å². The Bertz CT molecular complexity index is 972. The molecule has 0 spiro atoms. The molecule has 2 N–H and O–H groups in total. The lowest BCUT2D eigenvalue weighted by atomic mass is 10.1. The fraction of sp³-hybridized carbons (Fsp3) is 0.400. The molecule has 2 atom stereocenters. The summed E-state index contributed by atoms with van der Waals surface area (Å²) < 4.78 is 1.50. The molecule has 2 aromatic rings. The number of benzene rings is 1. The predicted octanol–water partition coefficient (Wildman–Crippen LogP) is 1.85. The van der Waals surface area contributed by atoms with E-state index in [1.54, 1.807) is 30.5 Å². The summed E-state index contributed by atoms with van der Waals surface area (Å²) in [5.41, 5.74) is 1.11. The highest BCUT2D eigenvalue weighted by Crippen LogP contribution is 2.21. The highest BCUT2D eigenvalue weighted by atomic mass is 16.2. The number of likely N-dealkylation sites (tertiary alicyclic amines) is 1. The second kappa shape index (κ2) is 7.72. The van der Waals surface area contributed by atoms with Crippen LogP contribution < -0.4 is 10.6 Å². The van der Waals surface area contributed by atoms with Crippen LogP contribution in [0.2, 0.25) is 0 Å².